The van der Waals surface area contributed by atoms with Gasteiger partial charge in [0.1, 0.15) is 0 Å². The average molecular weight is 141 g/mol. The third kappa shape index (κ3) is 1.38. The lowest BCUT2D eigenvalue weighted by atomic mass is 9.93. The van der Waals surface area contributed by atoms with Crippen LogP contribution >= 0.6 is 0 Å². The van der Waals surface area contributed by atoms with Crippen LogP contribution in [0.4, 0.5) is 0 Å². The van der Waals surface area contributed by atoms with Crippen LogP contribution in [0.15, 0.2) is 12.5 Å². The topological polar surface area (TPSA) is 17.8 Å². The minimum atomic E-state index is -2.11. The molecule has 2 nitrogen and oxygen atoms in total. The van der Waals surface area contributed by atoms with Crippen molar-refractivity contribution in [2.75, 3.05) is 0 Å². The monoisotopic (exact) mass is 141 g/mol. The summed E-state index contributed by atoms with van der Waals surface area (Å²) in [7, 11) is 0. The summed E-state index contributed by atoms with van der Waals surface area (Å²) in [5, 5.41) is 0. The van der Waals surface area contributed by atoms with Crippen LogP contribution in [0.3, 0.4) is 0 Å². The second-order valence-corrected chi connectivity index (χ2v) is 3.42. The van der Waals surface area contributed by atoms with Gasteiger partial charge in [-0.05, 0) is 0 Å². The van der Waals surface area contributed by atoms with Gasteiger partial charge >= 0.3 is 0 Å². The molecule has 0 aliphatic rings. The molecule has 0 fully saturated rings. The summed E-state index contributed by atoms with van der Waals surface area (Å²) in [6.45, 7) is 3.88. The molecule has 1 aromatic heterocycles. The van der Waals surface area contributed by atoms with Gasteiger partial charge in [0, 0.05) is 22.7 Å². The van der Waals surface area contributed by atoms with Crippen molar-refractivity contribution in [1.82, 2.24) is 9.55 Å². The number of hydrogen-bond acceptors (Lipinski definition) is 1. The van der Waals surface area contributed by atoms with Crippen molar-refractivity contribution in [2.45, 2.75) is 26.2 Å². The Morgan fingerprint density at radius 3 is 2.60 bits per heavy atom. The SMILES string of the molecule is [2H]C([2H])([2H])n1cnc(C(C)(C)C)c1. The van der Waals surface area contributed by atoms with Crippen molar-refractivity contribution in [3.05, 3.63) is 18.2 Å². The Hall–Kier alpha value is -0.790. The van der Waals surface area contributed by atoms with Gasteiger partial charge in [0.05, 0.1) is 12.0 Å². The second-order valence-electron chi connectivity index (χ2n) is 3.42. The molecular weight excluding hydrogens is 124 g/mol. The maximum absolute atomic E-state index is 7.15. The first-order chi connectivity index (χ1) is 5.71. The van der Waals surface area contributed by atoms with E-state index < -0.39 is 6.98 Å². The second kappa shape index (κ2) is 2.11. The Bertz CT molecular complexity index is 265. The Morgan fingerprint density at radius 2 is 2.30 bits per heavy atom. The summed E-state index contributed by atoms with van der Waals surface area (Å²) in [5.74, 6) is 0. The number of hydrogen-bond donors (Lipinski definition) is 0. The number of aromatic nitrogens is 2. The summed E-state index contributed by atoms with van der Waals surface area (Å²) < 4.78 is 22.6. The fourth-order valence-electron chi connectivity index (χ4n) is 0.710. The molecule has 0 aliphatic heterocycles. The largest absolute Gasteiger partial charge is 0.340 e. The lowest BCUT2D eigenvalue weighted by molar-refractivity contribution is 0.571. The molecule has 0 radical (unpaired) electrons. The molecule has 10 heavy (non-hydrogen) atoms. The first-order valence-corrected chi connectivity index (χ1v) is 3.26. The van der Waals surface area contributed by atoms with E-state index in [4.69, 9.17) is 4.11 Å². The molecule has 0 spiro atoms. The standard InChI is InChI=1S/C8H14N2/c1-8(2,3)7-5-10(4)6-9-7/h5-6H,1-4H3/i4D3. The molecule has 1 rings (SSSR count). The summed E-state index contributed by atoms with van der Waals surface area (Å²) in [6.07, 6.45) is 2.93. The van der Waals surface area contributed by atoms with Gasteiger partial charge in [0.15, 0.2) is 0 Å². The Kier molecular flexibility index (Phi) is 0.880. The van der Waals surface area contributed by atoms with Crippen molar-refractivity contribution >= 4 is 0 Å². The van der Waals surface area contributed by atoms with Crippen LogP contribution in [-0.2, 0) is 12.4 Å². The maximum Gasteiger partial charge on any atom is 0.0947 e. The molecule has 0 saturated heterocycles. The Balaban J connectivity index is 3.01. The fraction of sp³-hybridized carbons (Fsp3) is 0.625. The lowest BCUT2D eigenvalue weighted by Gasteiger charge is -2.13. The highest BCUT2D eigenvalue weighted by Gasteiger charge is 2.15. The van der Waals surface area contributed by atoms with Crippen LogP contribution in [0.25, 0.3) is 0 Å². The van der Waals surface area contributed by atoms with Crippen LogP contribution in [-0.4, -0.2) is 9.55 Å². The van der Waals surface area contributed by atoms with E-state index in [1.165, 1.54) is 6.33 Å². The maximum atomic E-state index is 7.15. The predicted molar refractivity (Wildman–Crippen MR) is 41.9 cm³/mol. The molecule has 0 aliphatic carbocycles. The zero-order chi connectivity index (χ0) is 10.3. The quantitative estimate of drug-likeness (QED) is 0.538. The highest BCUT2D eigenvalue weighted by molar-refractivity contribution is 5.08. The minimum absolute atomic E-state index is 0.101. The first kappa shape index (κ1) is 4.16. The highest BCUT2D eigenvalue weighted by Crippen LogP contribution is 2.18. The summed E-state index contributed by atoms with van der Waals surface area (Å²) in [5.41, 5.74) is 0.694. The zero-order valence-electron chi connectivity index (χ0n) is 9.55. The lowest BCUT2D eigenvalue weighted by Crippen LogP contribution is -2.11. The van der Waals surface area contributed by atoms with E-state index in [-0.39, 0.29) is 5.41 Å². The predicted octanol–water partition coefficient (Wildman–Crippen LogP) is 1.72. The van der Waals surface area contributed by atoms with Crippen LogP contribution in [0.2, 0.25) is 0 Å². The summed E-state index contributed by atoms with van der Waals surface area (Å²) in [4.78, 5) is 4.06. The molecule has 0 bridgehead atoms. The molecule has 0 saturated carbocycles. The molecule has 0 aromatic carbocycles. The van der Waals surface area contributed by atoms with Crippen molar-refractivity contribution in [2.24, 2.45) is 6.98 Å². The van der Waals surface area contributed by atoms with Gasteiger partial charge in [-0.15, -0.1) is 0 Å². The van der Waals surface area contributed by atoms with E-state index in [1.54, 1.807) is 6.20 Å². The van der Waals surface area contributed by atoms with Gasteiger partial charge in [-0.2, -0.15) is 0 Å². The van der Waals surface area contributed by atoms with Gasteiger partial charge in [0.2, 0.25) is 0 Å². The van der Waals surface area contributed by atoms with Crippen molar-refractivity contribution in [1.29, 1.82) is 0 Å². The minimum Gasteiger partial charge on any atom is -0.340 e. The van der Waals surface area contributed by atoms with Crippen LogP contribution < -0.4 is 0 Å². The molecule has 0 atom stereocenters. The average Bonchev–Trinajstić information content (AvgIpc) is 2.28. The van der Waals surface area contributed by atoms with Crippen LogP contribution in [0, 0.1) is 0 Å². The molecule has 56 valence electrons. The van der Waals surface area contributed by atoms with Gasteiger partial charge < -0.3 is 4.57 Å². The van der Waals surface area contributed by atoms with E-state index in [0.717, 1.165) is 10.3 Å². The third-order valence-corrected chi connectivity index (χ3v) is 1.35. The zero-order valence-corrected chi connectivity index (χ0v) is 6.55. The van der Waals surface area contributed by atoms with Gasteiger partial charge in [-0.25, -0.2) is 4.98 Å². The molecule has 1 heterocycles. The molecular formula is C8H14N2. The summed E-state index contributed by atoms with van der Waals surface area (Å²) in [6, 6.07) is 0. The van der Waals surface area contributed by atoms with Gasteiger partial charge in [0.25, 0.3) is 0 Å². The number of nitrogens with zero attached hydrogens (tertiary/aromatic N) is 2. The van der Waals surface area contributed by atoms with Crippen LogP contribution in [0.5, 0.6) is 0 Å². The van der Waals surface area contributed by atoms with Gasteiger partial charge in [-0.1, -0.05) is 20.8 Å². The normalized spacial score (nSPS) is 17.7. The van der Waals surface area contributed by atoms with E-state index in [2.05, 4.69) is 4.98 Å². The Morgan fingerprint density at radius 1 is 1.60 bits per heavy atom. The number of aryl methyl sites for hydroxylation is 1. The van der Waals surface area contributed by atoms with E-state index in [0.29, 0.717) is 0 Å². The fourth-order valence-corrected chi connectivity index (χ4v) is 0.710. The number of imidazole rings is 1. The van der Waals surface area contributed by atoms with Crippen molar-refractivity contribution in [3.8, 4) is 0 Å². The first-order valence-electron chi connectivity index (χ1n) is 4.76. The molecule has 0 amide bonds. The third-order valence-electron chi connectivity index (χ3n) is 1.35. The van der Waals surface area contributed by atoms with Crippen molar-refractivity contribution < 1.29 is 4.11 Å². The summed E-state index contributed by atoms with van der Waals surface area (Å²) >= 11 is 0. The van der Waals surface area contributed by atoms with E-state index in [9.17, 15) is 0 Å². The molecule has 0 unspecified atom stereocenters. The Labute approximate surface area is 66.1 Å². The van der Waals surface area contributed by atoms with Gasteiger partial charge in [-0.3, -0.25) is 0 Å². The highest BCUT2D eigenvalue weighted by atomic mass is 15.0. The molecule has 2 heteroatoms. The van der Waals surface area contributed by atoms with Crippen molar-refractivity contribution in [3.63, 3.8) is 0 Å². The smallest absolute Gasteiger partial charge is 0.0947 e. The number of rotatable bonds is 0. The van der Waals surface area contributed by atoms with E-state index in [1.807, 2.05) is 20.8 Å². The van der Waals surface area contributed by atoms with E-state index >= 15 is 0 Å². The molecule has 0 N–H and O–H groups in total. The molecule has 1 aromatic rings. The van der Waals surface area contributed by atoms with Crippen LogP contribution in [0.1, 0.15) is 30.6 Å².